The largest absolute Gasteiger partial charge is 0.496 e. The summed E-state index contributed by atoms with van der Waals surface area (Å²) >= 11 is 7.23. The average Bonchev–Trinajstić information content (AvgIpc) is 3.04. The zero-order chi connectivity index (χ0) is 20.0. The van der Waals surface area contributed by atoms with Gasteiger partial charge in [0, 0.05) is 17.1 Å². The topological polar surface area (TPSA) is 133 Å². The first-order valence-electron chi connectivity index (χ1n) is 7.59. The number of hydrogen-bond donors (Lipinski definition) is 3. The van der Waals surface area contributed by atoms with Crippen molar-refractivity contribution in [2.24, 2.45) is 0 Å². The van der Waals surface area contributed by atoms with E-state index in [-0.39, 0.29) is 28.4 Å². The second-order valence-electron chi connectivity index (χ2n) is 5.31. The SMILES string of the molecule is COc1cc(N)c(Cl)cc1C(=O)OCC(=O)NNC(=O)Cc1nc(C)cs1. The molecule has 1 aromatic heterocycles. The highest BCUT2D eigenvalue weighted by atomic mass is 35.5. The van der Waals surface area contributed by atoms with Crippen molar-refractivity contribution in [3.8, 4) is 5.75 Å². The normalized spacial score (nSPS) is 10.2. The number of rotatable bonds is 6. The molecule has 0 spiro atoms. The molecule has 0 radical (unpaired) electrons. The van der Waals surface area contributed by atoms with Crippen LogP contribution in [-0.4, -0.2) is 36.5 Å². The fraction of sp³-hybridized carbons (Fsp3) is 0.250. The van der Waals surface area contributed by atoms with E-state index in [0.717, 1.165) is 5.69 Å². The molecule has 2 aromatic rings. The van der Waals surface area contributed by atoms with Gasteiger partial charge < -0.3 is 15.2 Å². The van der Waals surface area contributed by atoms with Crippen molar-refractivity contribution in [2.45, 2.75) is 13.3 Å². The monoisotopic (exact) mass is 412 g/mol. The van der Waals surface area contributed by atoms with E-state index >= 15 is 0 Å². The van der Waals surface area contributed by atoms with Crippen LogP contribution in [0.5, 0.6) is 5.75 Å². The van der Waals surface area contributed by atoms with Crippen molar-refractivity contribution in [2.75, 3.05) is 19.5 Å². The number of methoxy groups -OCH3 is 1. The molecule has 0 saturated heterocycles. The number of nitrogens with one attached hydrogen (secondary N) is 2. The van der Waals surface area contributed by atoms with Gasteiger partial charge in [0.2, 0.25) is 5.91 Å². The highest BCUT2D eigenvalue weighted by Crippen LogP contribution is 2.29. The van der Waals surface area contributed by atoms with Gasteiger partial charge >= 0.3 is 5.97 Å². The van der Waals surface area contributed by atoms with E-state index in [9.17, 15) is 14.4 Å². The lowest BCUT2D eigenvalue weighted by molar-refractivity contribution is -0.130. The number of benzene rings is 1. The number of thiazole rings is 1. The number of nitrogen functional groups attached to an aromatic ring is 1. The number of nitrogens with two attached hydrogens (primary N) is 1. The third kappa shape index (κ3) is 5.83. The number of carbonyl (C=O) groups is 3. The Morgan fingerprint density at radius 3 is 2.59 bits per heavy atom. The van der Waals surface area contributed by atoms with Gasteiger partial charge in [0.25, 0.3) is 5.91 Å². The van der Waals surface area contributed by atoms with Crippen LogP contribution in [0.4, 0.5) is 5.69 Å². The minimum atomic E-state index is -0.825. The molecule has 0 saturated carbocycles. The second kappa shape index (κ2) is 9.19. The highest BCUT2D eigenvalue weighted by Gasteiger charge is 2.18. The van der Waals surface area contributed by atoms with Gasteiger partial charge in [0.15, 0.2) is 6.61 Å². The molecule has 0 unspecified atom stereocenters. The number of hydrazine groups is 1. The summed E-state index contributed by atoms with van der Waals surface area (Å²) in [6, 6.07) is 2.66. The van der Waals surface area contributed by atoms with Crippen molar-refractivity contribution < 1.29 is 23.9 Å². The van der Waals surface area contributed by atoms with Gasteiger partial charge in [0.1, 0.15) is 16.3 Å². The van der Waals surface area contributed by atoms with E-state index in [0.29, 0.717) is 5.01 Å². The number of carbonyl (C=O) groups excluding carboxylic acids is 3. The van der Waals surface area contributed by atoms with E-state index < -0.39 is 24.4 Å². The average molecular weight is 413 g/mol. The van der Waals surface area contributed by atoms with Gasteiger partial charge in [-0.1, -0.05) is 11.6 Å². The Morgan fingerprint density at radius 1 is 1.26 bits per heavy atom. The molecule has 1 aromatic carbocycles. The number of ether oxygens (including phenoxy) is 2. The number of hydrogen-bond acceptors (Lipinski definition) is 8. The Labute approximate surface area is 163 Å². The zero-order valence-electron chi connectivity index (χ0n) is 14.5. The minimum absolute atomic E-state index is 0.0210. The van der Waals surface area contributed by atoms with Crippen LogP contribution in [0, 0.1) is 6.92 Å². The van der Waals surface area contributed by atoms with Crippen LogP contribution < -0.4 is 21.3 Å². The smallest absolute Gasteiger partial charge is 0.342 e. The van der Waals surface area contributed by atoms with Crippen LogP contribution in [0.25, 0.3) is 0 Å². The standard InChI is InChI=1S/C16H17ClN4O5S/c1-8-7-27-15(19-8)5-13(22)20-21-14(23)6-26-16(24)9-3-10(17)11(18)4-12(9)25-2/h3-4,7H,5-6,18H2,1-2H3,(H,20,22)(H,21,23). The van der Waals surface area contributed by atoms with Gasteiger partial charge in [-0.25, -0.2) is 9.78 Å². The number of esters is 1. The van der Waals surface area contributed by atoms with Crippen LogP contribution in [-0.2, 0) is 20.7 Å². The van der Waals surface area contributed by atoms with Gasteiger partial charge in [-0.05, 0) is 13.0 Å². The lowest BCUT2D eigenvalue weighted by Crippen LogP contribution is -2.44. The van der Waals surface area contributed by atoms with E-state index in [1.54, 1.807) is 0 Å². The van der Waals surface area contributed by atoms with Crippen LogP contribution in [0.1, 0.15) is 21.1 Å². The summed E-state index contributed by atoms with van der Waals surface area (Å²) in [4.78, 5) is 39.7. The molecule has 144 valence electrons. The Balaban J connectivity index is 1.82. The maximum Gasteiger partial charge on any atom is 0.342 e. The number of amides is 2. The molecular weight excluding hydrogens is 396 g/mol. The Kier molecular flexibility index (Phi) is 6.97. The summed E-state index contributed by atoms with van der Waals surface area (Å²) in [6.45, 7) is 1.21. The molecule has 0 fully saturated rings. The third-order valence-electron chi connectivity index (χ3n) is 3.19. The number of halogens is 1. The molecule has 2 rings (SSSR count). The number of aryl methyl sites for hydroxylation is 1. The molecule has 2 amide bonds. The van der Waals surface area contributed by atoms with Crippen molar-refractivity contribution in [3.05, 3.63) is 38.8 Å². The quantitative estimate of drug-likeness (QED) is 0.369. The molecule has 0 aliphatic carbocycles. The molecule has 0 atom stereocenters. The fourth-order valence-electron chi connectivity index (χ4n) is 1.95. The summed E-state index contributed by atoms with van der Waals surface area (Å²) in [6.07, 6.45) is 0.0275. The van der Waals surface area contributed by atoms with Crippen LogP contribution >= 0.6 is 22.9 Å². The zero-order valence-corrected chi connectivity index (χ0v) is 16.1. The molecule has 0 aliphatic heterocycles. The van der Waals surface area contributed by atoms with Crippen molar-refractivity contribution in [1.29, 1.82) is 0 Å². The number of anilines is 1. The minimum Gasteiger partial charge on any atom is -0.496 e. The summed E-state index contributed by atoms with van der Waals surface area (Å²) in [5.41, 5.74) is 11.1. The van der Waals surface area contributed by atoms with Crippen molar-refractivity contribution in [3.63, 3.8) is 0 Å². The third-order valence-corrected chi connectivity index (χ3v) is 4.49. The van der Waals surface area contributed by atoms with E-state index in [4.69, 9.17) is 26.8 Å². The first-order chi connectivity index (χ1) is 12.8. The van der Waals surface area contributed by atoms with Crippen LogP contribution in [0.15, 0.2) is 17.5 Å². The predicted octanol–water partition coefficient (Wildman–Crippen LogP) is 1.24. The summed E-state index contributed by atoms with van der Waals surface area (Å²) in [5.74, 6) is -1.83. The Bertz CT molecular complexity index is 870. The molecule has 9 nitrogen and oxygen atoms in total. The lowest BCUT2D eigenvalue weighted by Gasteiger charge is -2.11. The van der Waals surface area contributed by atoms with Gasteiger partial charge in [-0.2, -0.15) is 0 Å². The van der Waals surface area contributed by atoms with Gasteiger partial charge in [-0.15, -0.1) is 11.3 Å². The molecular formula is C16H17ClN4O5S. The molecule has 4 N–H and O–H groups in total. The summed E-state index contributed by atoms with van der Waals surface area (Å²) in [5, 5.41) is 2.59. The second-order valence-corrected chi connectivity index (χ2v) is 6.66. The predicted molar refractivity (Wildman–Crippen MR) is 99.5 cm³/mol. The Hall–Kier alpha value is -2.85. The van der Waals surface area contributed by atoms with Crippen molar-refractivity contribution >= 4 is 46.4 Å². The van der Waals surface area contributed by atoms with Crippen molar-refractivity contribution in [1.82, 2.24) is 15.8 Å². The maximum atomic E-state index is 12.1. The number of aromatic nitrogens is 1. The van der Waals surface area contributed by atoms with E-state index in [1.807, 2.05) is 12.3 Å². The maximum absolute atomic E-state index is 12.1. The molecule has 27 heavy (non-hydrogen) atoms. The molecule has 1 heterocycles. The molecule has 0 aliphatic rings. The fourth-order valence-corrected chi connectivity index (χ4v) is 2.88. The van der Waals surface area contributed by atoms with E-state index in [2.05, 4.69) is 15.8 Å². The molecule has 0 bridgehead atoms. The number of nitrogens with zero attached hydrogens (tertiary/aromatic N) is 1. The van der Waals surface area contributed by atoms with Crippen LogP contribution in [0.2, 0.25) is 5.02 Å². The molecule has 11 heteroatoms. The first kappa shape index (κ1) is 20.5. The lowest BCUT2D eigenvalue weighted by atomic mass is 10.2. The van der Waals surface area contributed by atoms with Gasteiger partial charge in [-0.3, -0.25) is 20.4 Å². The van der Waals surface area contributed by atoms with E-state index in [1.165, 1.54) is 30.6 Å². The summed E-state index contributed by atoms with van der Waals surface area (Å²) < 4.78 is 9.93. The first-order valence-corrected chi connectivity index (χ1v) is 8.84. The van der Waals surface area contributed by atoms with Gasteiger partial charge in [0.05, 0.1) is 24.2 Å². The highest BCUT2D eigenvalue weighted by molar-refractivity contribution is 7.09. The van der Waals surface area contributed by atoms with Crippen LogP contribution in [0.3, 0.4) is 0 Å². The summed E-state index contributed by atoms with van der Waals surface area (Å²) in [7, 11) is 1.35. The Morgan fingerprint density at radius 2 is 1.96 bits per heavy atom.